The van der Waals surface area contributed by atoms with Gasteiger partial charge in [0.1, 0.15) is 5.82 Å². The number of hydrogen-bond donors (Lipinski definition) is 2. The van der Waals surface area contributed by atoms with Crippen LogP contribution in [0.1, 0.15) is 16.8 Å². The van der Waals surface area contributed by atoms with E-state index in [0.29, 0.717) is 0 Å². The molecule has 1 aromatic rings. The van der Waals surface area contributed by atoms with Gasteiger partial charge in [-0.2, -0.15) is 0 Å². The largest absolute Gasteiger partial charge is 0.481 e. The third-order valence-electron chi connectivity index (χ3n) is 2.33. The highest BCUT2D eigenvalue weighted by Crippen LogP contribution is 2.23. The van der Waals surface area contributed by atoms with Gasteiger partial charge in [-0.1, -0.05) is 11.6 Å². The molecule has 0 aliphatic rings. The quantitative estimate of drug-likeness (QED) is 0.817. The second-order valence-corrected chi connectivity index (χ2v) is 4.16. The fourth-order valence-corrected chi connectivity index (χ4v) is 1.54. The highest BCUT2D eigenvalue weighted by Gasteiger charge is 2.18. The normalized spacial score (nSPS) is 10.2. The molecule has 5 nitrogen and oxygen atoms in total. The lowest BCUT2D eigenvalue weighted by atomic mass is 10.1. The van der Waals surface area contributed by atoms with E-state index in [2.05, 4.69) is 0 Å². The zero-order valence-corrected chi connectivity index (χ0v) is 10.4. The molecule has 0 fully saturated rings. The van der Waals surface area contributed by atoms with Gasteiger partial charge in [-0.05, 0) is 12.1 Å². The Hall–Kier alpha value is -1.82. The minimum atomic E-state index is -1.03. The van der Waals surface area contributed by atoms with Crippen molar-refractivity contribution in [3.05, 3.63) is 28.5 Å². The molecule has 0 spiro atoms. The first-order chi connectivity index (χ1) is 8.32. The molecular weight excluding hydrogens is 263 g/mol. The summed E-state index contributed by atoms with van der Waals surface area (Å²) in [6.45, 7) is 0.00173. The Balaban J connectivity index is 2.93. The molecule has 0 bridgehead atoms. The van der Waals surface area contributed by atoms with Gasteiger partial charge < -0.3 is 15.7 Å². The number of anilines is 1. The summed E-state index contributed by atoms with van der Waals surface area (Å²) in [4.78, 5) is 23.5. The van der Waals surface area contributed by atoms with E-state index < -0.39 is 17.7 Å². The van der Waals surface area contributed by atoms with Crippen molar-refractivity contribution in [3.63, 3.8) is 0 Å². The molecule has 18 heavy (non-hydrogen) atoms. The number of hydrogen-bond acceptors (Lipinski definition) is 3. The summed E-state index contributed by atoms with van der Waals surface area (Å²) in [5.74, 6) is -2.38. The molecule has 0 aromatic heterocycles. The smallest absolute Gasteiger partial charge is 0.305 e. The maximum absolute atomic E-state index is 13.3. The van der Waals surface area contributed by atoms with Crippen LogP contribution >= 0.6 is 11.6 Å². The molecule has 3 N–H and O–H groups in total. The van der Waals surface area contributed by atoms with Gasteiger partial charge in [0.2, 0.25) is 0 Å². The van der Waals surface area contributed by atoms with Gasteiger partial charge in [-0.25, -0.2) is 4.39 Å². The summed E-state index contributed by atoms with van der Waals surface area (Å²) in [5.41, 5.74) is 5.07. The van der Waals surface area contributed by atoms with E-state index in [4.69, 9.17) is 22.4 Å². The van der Waals surface area contributed by atoms with Gasteiger partial charge in [-0.15, -0.1) is 0 Å². The molecule has 0 saturated carbocycles. The third-order valence-corrected chi connectivity index (χ3v) is 2.55. The van der Waals surface area contributed by atoms with Crippen molar-refractivity contribution in [2.24, 2.45) is 0 Å². The van der Waals surface area contributed by atoms with E-state index in [1.54, 1.807) is 0 Å². The number of carboxylic acid groups (broad SMARTS) is 1. The molecule has 1 aromatic carbocycles. The van der Waals surface area contributed by atoms with E-state index in [9.17, 15) is 14.0 Å². The highest BCUT2D eigenvalue weighted by atomic mass is 35.5. The number of halogens is 2. The third kappa shape index (κ3) is 3.33. The fourth-order valence-electron chi connectivity index (χ4n) is 1.33. The van der Waals surface area contributed by atoms with Crippen LogP contribution < -0.4 is 5.73 Å². The van der Waals surface area contributed by atoms with Gasteiger partial charge in [-0.3, -0.25) is 9.59 Å². The van der Waals surface area contributed by atoms with Crippen LogP contribution in [0.15, 0.2) is 12.1 Å². The van der Waals surface area contributed by atoms with Crippen molar-refractivity contribution in [2.45, 2.75) is 6.42 Å². The number of rotatable bonds is 4. The van der Waals surface area contributed by atoms with Crippen molar-refractivity contribution in [1.29, 1.82) is 0 Å². The minimum Gasteiger partial charge on any atom is -0.481 e. The molecule has 0 aliphatic heterocycles. The van der Waals surface area contributed by atoms with Crippen LogP contribution in [0.25, 0.3) is 0 Å². The van der Waals surface area contributed by atoms with Crippen LogP contribution in [0, 0.1) is 5.82 Å². The van der Waals surface area contributed by atoms with E-state index >= 15 is 0 Å². The molecule has 98 valence electrons. The number of aliphatic carboxylic acids is 1. The fraction of sp³-hybridized carbons (Fsp3) is 0.273. The van der Waals surface area contributed by atoms with Crippen LogP contribution in [-0.4, -0.2) is 35.5 Å². The molecule has 0 radical (unpaired) electrons. The zero-order chi connectivity index (χ0) is 13.9. The Bertz CT molecular complexity index is 493. The number of nitrogens with zero attached hydrogens (tertiary/aromatic N) is 1. The lowest BCUT2D eigenvalue weighted by molar-refractivity contribution is -0.137. The topological polar surface area (TPSA) is 83.6 Å². The predicted octanol–water partition coefficient (Wildman–Crippen LogP) is 1.61. The first-order valence-electron chi connectivity index (χ1n) is 5.04. The molecule has 0 heterocycles. The van der Waals surface area contributed by atoms with Crippen molar-refractivity contribution in [1.82, 2.24) is 4.90 Å². The van der Waals surface area contributed by atoms with Crippen molar-refractivity contribution in [3.8, 4) is 0 Å². The Kier molecular flexibility index (Phi) is 4.49. The average molecular weight is 275 g/mol. The number of nitrogens with two attached hydrogens (primary N) is 1. The van der Waals surface area contributed by atoms with Gasteiger partial charge in [0.25, 0.3) is 5.91 Å². The summed E-state index contributed by atoms with van der Waals surface area (Å²) >= 11 is 5.64. The Morgan fingerprint density at radius 2 is 2.11 bits per heavy atom. The van der Waals surface area contributed by atoms with Gasteiger partial charge in [0, 0.05) is 18.6 Å². The zero-order valence-electron chi connectivity index (χ0n) is 9.61. The molecule has 7 heteroatoms. The van der Waals surface area contributed by atoms with E-state index in [1.165, 1.54) is 13.1 Å². The van der Waals surface area contributed by atoms with Gasteiger partial charge >= 0.3 is 5.97 Å². The van der Waals surface area contributed by atoms with E-state index in [0.717, 1.165) is 11.0 Å². The maximum Gasteiger partial charge on any atom is 0.305 e. The molecule has 1 rings (SSSR count). The summed E-state index contributed by atoms with van der Waals surface area (Å²) in [7, 11) is 1.41. The Morgan fingerprint density at radius 1 is 1.50 bits per heavy atom. The summed E-state index contributed by atoms with van der Waals surface area (Å²) < 4.78 is 13.3. The summed E-state index contributed by atoms with van der Waals surface area (Å²) in [5, 5.41) is 8.57. The number of amides is 1. The van der Waals surface area contributed by atoms with Crippen molar-refractivity contribution in [2.75, 3.05) is 19.3 Å². The first kappa shape index (κ1) is 14.2. The number of benzene rings is 1. The summed E-state index contributed by atoms with van der Waals surface area (Å²) in [6.07, 6.45) is -0.203. The van der Waals surface area contributed by atoms with E-state index in [1.807, 2.05) is 0 Å². The Labute approximate surface area is 108 Å². The molecule has 0 aliphatic carbocycles. The maximum atomic E-state index is 13.3. The van der Waals surface area contributed by atoms with Crippen molar-refractivity contribution >= 4 is 29.2 Å². The second kappa shape index (κ2) is 5.68. The SMILES string of the molecule is CN(CCC(=O)O)C(=O)c1cc(Cl)cc(F)c1N. The van der Waals surface area contributed by atoms with Crippen LogP contribution in [0.5, 0.6) is 0 Å². The molecule has 0 unspecified atom stereocenters. The number of carbonyl (C=O) groups excluding carboxylic acids is 1. The number of carboxylic acids is 1. The van der Waals surface area contributed by atoms with Crippen molar-refractivity contribution < 1.29 is 19.1 Å². The van der Waals surface area contributed by atoms with Crippen LogP contribution in [-0.2, 0) is 4.79 Å². The van der Waals surface area contributed by atoms with E-state index in [-0.39, 0.29) is 29.2 Å². The predicted molar refractivity (Wildman–Crippen MR) is 65.0 cm³/mol. The van der Waals surface area contributed by atoms with Crippen LogP contribution in [0.4, 0.5) is 10.1 Å². The average Bonchev–Trinajstić information content (AvgIpc) is 2.29. The molecular formula is C11H12ClFN2O3. The molecule has 0 saturated heterocycles. The molecule has 0 atom stereocenters. The van der Waals surface area contributed by atoms with Crippen LogP contribution in [0.2, 0.25) is 5.02 Å². The standard InChI is InChI=1S/C11H12ClFN2O3/c1-15(3-2-9(16)17)11(18)7-4-6(12)5-8(13)10(7)14/h4-5H,2-3,14H2,1H3,(H,16,17). The second-order valence-electron chi connectivity index (χ2n) is 3.72. The highest BCUT2D eigenvalue weighted by molar-refractivity contribution is 6.31. The molecule has 1 amide bonds. The minimum absolute atomic E-state index is 0.00173. The van der Waals surface area contributed by atoms with Gasteiger partial charge in [0.05, 0.1) is 17.7 Å². The number of nitrogen functional groups attached to an aromatic ring is 1. The lowest BCUT2D eigenvalue weighted by Crippen LogP contribution is -2.29. The first-order valence-corrected chi connectivity index (χ1v) is 5.42. The monoisotopic (exact) mass is 274 g/mol. The summed E-state index contributed by atoms with van der Waals surface area (Å²) in [6, 6.07) is 2.25. The lowest BCUT2D eigenvalue weighted by Gasteiger charge is -2.17. The van der Waals surface area contributed by atoms with Crippen LogP contribution in [0.3, 0.4) is 0 Å². The Morgan fingerprint density at radius 3 is 2.67 bits per heavy atom. The van der Waals surface area contributed by atoms with Gasteiger partial charge in [0.15, 0.2) is 0 Å². The number of carbonyl (C=O) groups is 2.